The van der Waals surface area contributed by atoms with Crippen molar-refractivity contribution in [1.29, 1.82) is 0 Å². The van der Waals surface area contributed by atoms with Gasteiger partial charge < -0.3 is 15.4 Å². The molecule has 1 atom stereocenters. The Labute approximate surface area is 129 Å². The highest BCUT2D eigenvalue weighted by Crippen LogP contribution is 2.28. The lowest BCUT2D eigenvalue weighted by Gasteiger charge is -2.24. The first-order valence-corrected chi connectivity index (χ1v) is 7.86. The van der Waals surface area contributed by atoms with Crippen LogP contribution in [-0.2, 0) is 4.74 Å². The molecule has 1 aromatic heterocycles. The maximum atomic E-state index is 12.0. The third-order valence-electron chi connectivity index (χ3n) is 2.92. The Bertz CT molecular complexity index is 510. The van der Waals surface area contributed by atoms with Gasteiger partial charge in [0.25, 0.3) is 0 Å². The normalized spacial score (nSPS) is 18.9. The summed E-state index contributed by atoms with van der Waals surface area (Å²) in [7, 11) is 0. The van der Waals surface area contributed by atoms with E-state index >= 15 is 0 Å². The fourth-order valence-corrected chi connectivity index (χ4v) is 3.21. The van der Waals surface area contributed by atoms with Crippen molar-refractivity contribution in [2.24, 2.45) is 0 Å². The van der Waals surface area contributed by atoms with Gasteiger partial charge in [0.15, 0.2) is 5.16 Å². The standard InChI is InChI=1S/C14H22N4O2S/c1-9-7-11(15)17-12(16-9)21-10-5-6-18(8-10)13(19)20-14(2,3)4/h7,10H,5-6,8H2,1-4H3,(H2,15,16,17). The molecule has 0 aromatic carbocycles. The first-order valence-electron chi connectivity index (χ1n) is 6.99. The molecule has 1 aromatic rings. The summed E-state index contributed by atoms with van der Waals surface area (Å²) in [6.07, 6.45) is 0.650. The molecular formula is C14H22N4O2S. The smallest absolute Gasteiger partial charge is 0.410 e. The van der Waals surface area contributed by atoms with Crippen LogP contribution < -0.4 is 5.73 Å². The zero-order valence-electron chi connectivity index (χ0n) is 12.9. The molecule has 0 spiro atoms. The van der Waals surface area contributed by atoms with Crippen LogP contribution in [0.2, 0.25) is 0 Å². The van der Waals surface area contributed by atoms with E-state index in [0.29, 0.717) is 24.1 Å². The number of carbonyl (C=O) groups is 1. The fourth-order valence-electron chi connectivity index (χ4n) is 2.08. The number of ether oxygens (including phenoxy) is 1. The van der Waals surface area contributed by atoms with Crippen LogP contribution in [0.4, 0.5) is 10.6 Å². The number of aryl methyl sites for hydroxylation is 1. The van der Waals surface area contributed by atoms with Gasteiger partial charge in [0, 0.05) is 30.1 Å². The maximum Gasteiger partial charge on any atom is 0.410 e. The lowest BCUT2D eigenvalue weighted by atomic mass is 10.2. The summed E-state index contributed by atoms with van der Waals surface area (Å²) in [5.41, 5.74) is 6.12. The minimum absolute atomic E-state index is 0.254. The predicted octanol–water partition coefficient (Wildman–Crippen LogP) is 2.47. The summed E-state index contributed by atoms with van der Waals surface area (Å²) >= 11 is 1.57. The molecule has 2 heterocycles. The van der Waals surface area contributed by atoms with E-state index in [1.165, 1.54) is 0 Å². The Kier molecular flexibility index (Phi) is 4.61. The SMILES string of the molecule is Cc1cc(N)nc(SC2CCN(C(=O)OC(C)(C)C)C2)n1. The van der Waals surface area contributed by atoms with Crippen molar-refractivity contribution in [3.05, 3.63) is 11.8 Å². The van der Waals surface area contributed by atoms with Gasteiger partial charge in [-0.1, -0.05) is 11.8 Å². The van der Waals surface area contributed by atoms with E-state index in [1.807, 2.05) is 27.7 Å². The average Bonchev–Trinajstić information content (AvgIpc) is 2.73. The molecule has 0 radical (unpaired) electrons. The second-order valence-corrected chi connectivity index (χ2v) is 7.44. The van der Waals surface area contributed by atoms with E-state index < -0.39 is 5.60 Å². The number of thioether (sulfide) groups is 1. The summed E-state index contributed by atoms with van der Waals surface area (Å²) < 4.78 is 5.38. The molecule has 1 unspecified atom stereocenters. The quantitative estimate of drug-likeness (QED) is 0.845. The molecular weight excluding hydrogens is 288 g/mol. The van der Waals surface area contributed by atoms with E-state index in [1.54, 1.807) is 22.7 Å². The maximum absolute atomic E-state index is 12.0. The topological polar surface area (TPSA) is 81.3 Å². The van der Waals surface area contributed by atoms with E-state index in [9.17, 15) is 4.79 Å². The summed E-state index contributed by atoms with van der Waals surface area (Å²) in [5, 5.41) is 0.947. The minimum Gasteiger partial charge on any atom is -0.444 e. The van der Waals surface area contributed by atoms with Crippen molar-refractivity contribution in [3.63, 3.8) is 0 Å². The van der Waals surface area contributed by atoms with Crippen LogP contribution in [-0.4, -0.2) is 44.9 Å². The molecule has 1 aliphatic rings. The van der Waals surface area contributed by atoms with Gasteiger partial charge in [0.1, 0.15) is 11.4 Å². The van der Waals surface area contributed by atoms with E-state index in [0.717, 1.165) is 12.1 Å². The molecule has 21 heavy (non-hydrogen) atoms. The van der Waals surface area contributed by atoms with Crippen molar-refractivity contribution in [1.82, 2.24) is 14.9 Å². The van der Waals surface area contributed by atoms with Crippen LogP contribution in [0.5, 0.6) is 0 Å². The zero-order valence-corrected chi connectivity index (χ0v) is 13.7. The number of amides is 1. The number of anilines is 1. The van der Waals surface area contributed by atoms with Crippen LogP contribution in [0, 0.1) is 6.92 Å². The molecule has 1 fully saturated rings. The van der Waals surface area contributed by atoms with Crippen molar-refractivity contribution in [2.75, 3.05) is 18.8 Å². The van der Waals surface area contributed by atoms with Gasteiger partial charge in [-0.05, 0) is 34.1 Å². The molecule has 2 rings (SSSR count). The minimum atomic E-state index is -0.462. The third-order valence-corrected chi connectivity index (χ3v) is 4.03. The summed E-state index contributed by atoms with van der Waals surface area (Å²) in [6, 6.07) is 1.74. The molecule has 1 saturated heterocycles. The van der Waals surface area contributed by atoms with Crippen LogP contribution in [0.1, 0.15) is 32.9 Å². The lowest BCUT2D eigenvalue weighted by Crippen LogP contribution is -2.35. The lowest BCUT2D eigenvalue weighted by molar-refractivity contribution is 0.0295. The zero-order chi connectivity index (χ0) is 15.6. The first-order chi connectivity index (χ1) is 9.73. The van der Waals surface area contributed by atoms with Gasteiger partial charge in [-0.15, -0.1) is 0 Å². The Morgan fingerprint density at radius 1 is 1.48 bits per heavy atom. The van der Waals surface area contributed by atoms with Crippen LogP contribution in [0.15, 0.2) is 11.2 Å². The summed E-state index contributed by atoms with van der Waals surface area (Å²) in [5.74, 6) is 0.479. The summed E-state index contributed by atoms with van der Waals surface area (Å²) in [4.78, 5) is 22.3. The van der Waals surface area contributed by atoms with E-state index in [2.05, 4.69) is 9.97 Å². The first kappa shape index (κ1) is 15.9. The van der Waals surface area contributed by atoms with Gasteiger partial charge in [-0.25, -0.2) is 14.8 Å². The van der Waals surface area contributed by atoms with Crippen molar-refractivity contribution >= 4 is 23.7 Å². The fraction of sp³-hybridized carbons (Fsp3) is 0.643. The van der Waals surface area contributed by atoms with E-state index in [-0.39, 0.29) is 11.3 Å². The van der Waals surface area contributed by atoms with E-state index in [4.69, 9.17) is 10.5 Å². The van der Waals surface area contributed by atoms with Gasteiger partial charge in [0.05, 0.1) is 0 Å². The Balaban J connectivity index is 1.92. The number of nitrogens with two attached hydrogens (primary N) is 1. The molecule has 0 saturated carbocycles. The Morgan fingerprint density at radius 2 is 2.19 bits per heavy atom. The average molecular weight is 310 g/mol. The number of hydrogen-bond donors (Lipinski definition) is 1. The Hall–Kier alpha value is -1.50. The second kappa shape index (κ2) is 6.09. The van der Waals surface area contributed by atoms with Crippen LogP contribution in [0.3, 0.4) is 0 Å². The number of nitrogen functional groups attached to an aromatic ring is 1. The predicted molar refractivity (Wildman–Crippen MR) is 83.3 cm³/mol. The van der Waals surface area contributed by atoms with Gasteiger partial charge >= 0.3 is 6.09 Å². The van der Waals surface area contributed by atoms with Crippen LogP contribution >= 0.6 is 11.8 Å². The Morgan fingerprint density at radius 3 is 2.81 bits per heavy atom. The molecule has 2 N–H and O–H groups in total. The van der Waals surface area contributed by atoms with Crippen LogP contribution in [0.25, 0.3) is 0 Å². The van der Waals surface area contributed by atoms with Gasteiger partial charge in [-0.2, -0.15) is 0 Å². The molecule has 7 heteroatoms. The number of rotatable bonds is 2. The van der Waals surface area contributed by atoms with Gasteiger partial charge in [0.2, 0.25) is 0 Å². The number of aromatic nitrogens is 2. The number of likely N-dealkylation sites (tertiary alicyclic amines) is 1. The molecule has 1 aliphatic heterocycles. The molecule has 0 aliphatic carbocycles. The number of nitrogens with zero attached hydrogens (tertiary/aromatic N) is 3. The second-order valence-electron chi connectivity index (χ2n) is 6.17. The third kappa shape index (κ3) is 4.77. The molecule has 0 bridgehead atoms. The highest BCUT2D eigenvalue weighted by Gasteiger charge is 2.30. The van der Waals surface area contributed by atoms with Crippen molar-refractivity contribution in [2.45, 2.75) is 50.1 Å². The summed E-state index contributed by atoms with van der Waals surface area (Å²) in [6.45, 7) is 8.86. The number of carbonyl (C=O) groups excluding carboxylic acids is 1. The monoisotopic (exact) mass is 310 g/mol. The van der Waals surface area contributed by atoms with Gasteiger partial charge in [-0.3, -0.25) is 0 Å². The van der Waals surface area contributed by atoms with Crippen molar-refractivity contribution < 1.29 is 9.53 Å². The highest BCUT2D eigenvalue weighted by molar-refractivity contribution is 7.99. The highest BCUT2D eigenvalue weighted by atomic mass is 32.2. The molecule has 1 amide bonds. The number of hydrogen-bond acceptors (Lipinski definition) is 6. The molecule has 116 valence electrons. The largest absolute Gasteiger partial charge is 0.444 e. The van der Waals surface area contributed by atoms with Crippen molar-refractivity contribution in [3.8, 4) is 0 Å². The molecule has 6 nitrogen and oxygen atoms in total.